The lowest BCUT2D eigenvalue weighted by molar-refractivity contribution is -0.146. The van der Waals surface area contributed by atoms with Crippen molar-refractivity contribution in [3.63, 3.8) is 0 Å². The topological polar surface area (TPSA) is 52.6 Å². The molecular weight excluding hydrogens is 232 g/mol. The van der Waals surface area contributed by atoms with Gasteiger partial charge >= 0.3 is 11.9 Å². The van der Waals surface area contributed by atoms with E-state index in [9.17, 15) is 9.59 Å². The van der Waals surface area contributed by atoms with E-state index in [1.54, 1.807) is 6.08 Å². The van der Waals surface area contributed by atoms with Crippen molar-refractivity contribution in [2.75, 3.05) is 13.2 Å². The van der Waals surface area contributed by atoms with Gasteiger partial charge in [-0.2, -0.15) is 0 Å². The highest BCUT2D eigenvalue weighted by molar-refractivity contribution is 5.87. The molecule has 0 aromatic carbocycles. The second-order valence-electron chi connectivity index (χ2n) is 3.94. The highest BCUT2D eigenvalue weighted by atomic mass is 16.6. The van der Waals surface area contributed by atoms with Gasteiger partial charge in [-0.15, -0.1) is 6.58 Å². The van der Waals surface area contributed by atoms with Crippen molar-refractivity contribution in [2.24, 2.45) is 5.92 Å². The molecule has 0 aliphatic rings. The molecule has 4 nitrogen and oxygen atoms in total. The second-order valence-corrected chi connectivity index (χ2v) is 3.94. The molecule has 0 amide bonds. The maximum atomic E-state index is 11.5. The van der Waals surface area contributed by atoms with Gasteiger partial charge < -0.3 is 9.47 Å². The fraction of sp³-hybridized carbons (Fsp3) is 0.429. The van der Waals surface area contributed by atoms with Crippen LogP contribution in [-0.2, 0) is 19.1 Å². The third-order valence-corrected chi connectivity index (χ3v) is 2.18. The Balaban J connectivity index is 3.81. The average Bonchev–Trinajstić information content (AvgIpc) is 2.34. The molecule has 0 aromatic heterocycles. The Bertz CT molecular complexity index is 331. The smallest absolute Gasteiger partial charge is 0.333 e. The minimum atomic E-state index is -0.538. The fourth-order valence-corrected chi connectivity index (χ4v) is 1.31. The molecule has 0 aromatic rings. The summed E-state index contributed by atoms with van der Waals surface area (Å²) < 4.78 is 9.57. The van der Waals surface area contributed by atoms with E-state index in [1.807, 2.05) is 6.92 Å². The van der Waals surface area contributed by atoms with Crippen LogP contribution in [0.15, 0.2) is 37.5 Å². The lowest BCUT2D eigenvalue weighted by Crippen LogP contribution is -2.15. The predicted octanol–water partition coefficient (Wildman–Crippen LogP) is 2.42. The quantitative estimate of drug-likeness (QED) is 0.274. The third-order valence-electron chi connectivity index (χ3n) is 2.18. The average molecular weight is 252 g/mol. The van der Waals surface area contributed by atoms with Crippen molar-refractivity contribution in [3.8, 4) is 0 Å². The van der Waals surface area contributed by atoms with Crippen molar-refractivity contribution in [1.29, 1.82) is 0 Å². The first-order valence-electron chi connectivity index (χ1n) is 5.76. The molecule has 0 rings (SSSR count). The Kier molecular flexibility index (Phi) is 8.27. The summed E-state index contributed by atoms with van der Waals surface area (Å²) in [6.07, 6.45) is 4.25. The first-order valence-corrected chi connectivity index (χ1v) is 5.76. The molecule has 0 spiro atoms. The van der Waals surface area contributed by atoms with Gasteiger partial charge in [-0.05, 0) is 18.8 Å². The lowest BCUT2D eigenvalue weighted by Gasteiger charge is -2.11. The summed E-state index contributed by atoms with van der Waals surface area (Å²) in [5.41, 5.74) is 0.416. The number of carbonyl (C=O) groups is 2. The Morgan fingerprint density at radius 1 is 1.22 bits per heavy atom. The van der Waals surface area contributed by atoms with Crippen LogP contribution in [0.5, 0.6) is 0 Å². The van der Waals surface area contributed by atoms with Crippen molar-refractivity contribution < 1.29 is 19.1 Å². The Hall–Kier alpha value is -1.84. The van der Waals surface area contributed by atoms with Gasteiger partial charge in [-0.25, -0.2) is 9.59 Å². The Morgan fingerprint density at radius 2 is 1.83 bits per heavy atom. The third kappa shape index (κ3) is 7.44. The summed E-state index contributed by atoms with van der Waals surface area (Å²) in [5.74, 6) is -0.689. The minimum absolute atomic E-state index is 0.0199. The summed E-state index contributed by atoms with van der Waals surface area (Å²) in [5, 5.41) is 0. The van der Waals surface area contributed by atoms with E-state index in [1.165, 1.54) is 0 Å². The van der Waals surface area contributed by atoms with Crippen LogP contribution in [0, 0.1) is 5.92 Å². The monoisotopic (exact) mass is 252 g/mol. The van der Waals surface area contributed by atoms with E-state index in [-0.39, 0.29) is 13.2 Å². The zero-order chi connectivity index (χ0) is 14.0. The fourth-order valence-electron chi connectivity index (χ4n) is 1.31. The summed E-state index contributed by atoms with van der Waals surface area (Å²) >= 11 is 0. The van der Waals surface area contributed by atoms with Crippen molar-refractivity contribution in [2.45, 2.75) is 19.8 Å². The molecule has 4 heteroatoms. The van der Waals surface area contributed by atoms with Gasteiger partial charge in [0.2, 0.25) is 0 Å². The van der Waals surface area contributed by atoms with Crippen LogP contribution in [0.1, 0.15) is 19.8 Å². The first-order chi connectivity index (χ1) is 8.51. The molecule has 0 heterocycles. The highest BCUT2D eigenvalue weighted by Crippen LogP contribution is 2.14. The molecule has 0 saturated carbocycles. The van der Waals surface area contributed by atoms with Crippen LogP contribution in [0.25, 0.3) is 0 Å². The Labute approximate surface area is 108 Å². The molecule has 0 bridgehead atoms. The van der Waals surface area contributed by atoms with Gasteiger partial charge in [0.15, 0.2) is 0 Å². The van der Waals surface area contributed by atoms with E-state index < -0.39 is 11.9 Å². The largest absolute Gasteiger partial charge is 0.459 e. The van der Waals surface area contributed by atoms with E-state index >= 15 is 0 Å². The molecule has 0 aliphatic carbocycles. The molecule has 0 saturated heterocycles. The van der Waals surface area contributed by atoms with Crippen molar-refractivity contribution in [1.82, 2.24) is 0 Å². The zero-order valence-corrected chi connectivity index (χ0v) is 10.8. The first kappa shape index (κ1) is 16.2. The van der Waals surface area contributed by atoms with E-state index in [2.05, 4.69) is 24.5 Å². The van der Waals surface area contributed by atoms with Crippen LogP contribution in [-0.4, -0.2) is 25.2 Å². The van der Waals surface area contributed by atoms with Crippen LogP contribution >= 0.6 is 0 Å². The summed E-state index contributed by atoms with van der Waals surface area (Å²) in [6.45, 7) is 12.6. The van der Waals surface area contributed by atoms with Crippen molar-refractivity contribution >= 4 is 11.9 Å². The predicted molar refractivity (Wildman–Crippen MR) is 69.9 cm³/mol. The SMILES string of the molecule is C=CCC(C)CC(=C)C(=O)OCCOC(=O)C=C. The van der Waals surface area contributed by atoms with Gasteiger partial charge in [-0.1, -0.05) is 26.2 Å². The molecule has 0 radical (unpaired) electrons. The van der Waals surface area contributed by atoms with Gasteiger partial charge in [0, 0.05) is 11.6 Å². The second kappa shape index (κ2) is 9.22. The van der Waals surface area contributed by atoms with Crippen LogP contribution < -0.4 is 0 Å². The van der Waals surface area contributed by atoms with Crippen LogP contribution in [0.2, 0.25) is 0 Å². The summed E-state index contributed by atoms with van der Waals surface area (Å²) in [7, 11) is 0. The molecule has 0 aliphatic heterocycles. The van der Waals surface area contributed by atoms with E-state index in [0.717, 1.165) is 12.5 Å². The molecule has 1 atom stereocenters. The molecule has 1 unspecified atom stereocenters. The molecule has 0 fully saturated rings. The molecule has 100 valence electrons. The van der Waals surface area contributed by atoms with Gasteiger partial charge in [-0.3, -0.25) is 0 Å². The summed E-state index contributed by atoms with van der Waals surface area (Å²) in [6, 6.07) is 0. The van der Waals surface area contributed by atoms with Gasteiger partial charge in [0.1, 0.15) is 13.2 Å². The number of rotatable bonds is 9. The minimum Gasteiger partial charge on any atom is -0.459 e. The summed E-state index contributed by atoms with van der Waals surface area (Å²) in [4.78, 5) is 22.2. The maximum absolute atomic E-state index is 11.5. The molecule has 0 N–H and O–H groups in total. The van der Waals surface area contributed by atoms with E-state index in [0.29, 0.717) is 17.9 Å². The Morgan fingerprint density at radius 3 is 2.39 bits per heavy atom. The number of ether oxygens (including phenoxy) is 2. The maximum Gasteiger partial charge on any atom is 0.333 e. The zero-order valence-electron chi connectivity index (χ0n) is 10.8. The van der Waals surface area contributed by atoms with Crippen molar-refractivity contribution in [3.05, 3.63) is 37.5 Å². The normalized spacial score (nSPS) is 11.2. The highest BCUT2D eigenvalue weighted by Gasteiger charge is 2.12. The number of hydrogen-bond donors (Lipinski definition) is 0. The lowest BCUT2D eigenvalue weighted by atomic mass is 9.99. The van der Waals surface area contributed by atoms with Gasteiger partial charge in [0.05, 0.1) is 0 Å². The number of esters is 2. The standard InChI is InChI=1S/C14H20O4/c1-5-7-11(3)10-12(4)14(16)18-9-8-17-13(15)6-2/h5-6,11H,1-2,4,7-10H2,3H3. The van der Waals surface area contributed by atoms with E-state index in [4.69, 9.17) is 4.74 Å². The number of allylic oxidation sites excluding steroid dienone is 1. The number of carbonyl (C=O) groups excluding carboxylic acids is 2. The molecular formula is C14H20O4. The number of hydrogen-bond acceptors (Lipinski definition) is 4. The van der Waals surface area contributed by atoms with Crippen LogP contribution in [0.3, 0.4) is 0 Å². The molecule has 18 heavy (non-hydrogen) atoms. The van der Waals surface area contributed by atoms with Crippen LogP contribution in [0.4, 0.5) is 0 Å². The van der Waals surface area contributed by atoms with Gasteiger partial charge in [0.25, 0.3) is 0 Å².